The zero-order valence-electron chi connectivity index (χ0n) is 17.2. The summed E-state index contributed by atoms with van der Waals surface area (Å²) in [7, 11) is 0. The van der Waals surface area contributed by atoms with Crippen molar-refractivity contribution in [3.63, 3.8) is 0 Å². The first kappa shape index (κ1) is 24.4. The normalized spacial score (nSPS) is 22.0. The van der Waals surface area contributed by atoms with Gasteiger partial charge in [-0.15, -0.1) is 0 Å². The molecule has 28 heavy (non-hydrogen) atoms. The molecule has 0 aromatic carbocycles. The molecular formula is C20H37N3O5. The second-order valence-electron chi connectivity index (χ2n) is 8.13. The lowest BCUT2D eigenvalue weighted by Crippen LogP contribution is -2.52. The van der Waals surface area contributed by atoms with Crippen LogP contribution in [0, 0.1) is 11.8 Å². The van der Waals surface area contributed by atoms with E-state index in [1.54, 1.807) is 0 Å². The molecule has 0 aromatic heterocycles. The molecule has 8 nitrogen and oxygen atoms in total. The van der Waals surface area contributed by atoms with Gasteiger partial charge in [0.15, 0.2) is 0 Å². The van der Waals surface area contributed by atoms with Crippen LogP contribution >= 0.6 is 0 Å². The highest BCUT2D eigenvalue weighted by Gasteiger charge is 2.34. The van der Waals surface area contributed by atoms with Gasteiger partial charge in [-0.25, -0.2) is 5.48 Å². The van der Waals surface area contributed by atoms with E-state index >= 15 is 0 Å². The SMILES string of the molecule is CC(C)C[C@@H](C(=O)N[C@H]1CCCCCCCCCCNC1=O)[C@H](O)C(=O)NO. The summed E-state index contributed by atoms with van der Waals surface area (Å²) in [6.07, 6.45) is 7.64. The van der Waals surface area contributed by atoms with Gasteiger partial charge < -0.3 is 15.7 Å². The Kier molecular flexibility index (Phi) is 11.7. The highest BCUT2D eigenvalue weighted by atomic mass is 16.5. The van der Waals surface area contributed by atoms with Gasteiger partial charge in [-0.05, 0) is 25.2 Å². The second-order valence-corrected chi connectivity index (χ2v) is 8.13. The van der Waals surface area contributed by atoms with Crippen LogP contribution in [0.5, 0.6) is 0 Å². The summed E-state index contributed by atoms with van der Waals surface area (Å²) in [5, 5.41) is 24.5. The molecule has 1 rings (SSSR count). The fourth-order valence-corrected chi connectivity index (χ4v) is 3.55. The van der Waals surface area contributed by atoms with Gasteiger partial charge in [0.25, 0.3) is 5.91 Å². The van der Waals surface area contributed by atoms with Gasteiger partial charge in [0.05, 0.1) is 5.92 Å². The molecule has 3 atom stereocenters. The van der Waals surface area contributed by atoms with Gasteiger partial charge in [0.1, 0.15) is 12.1 Å². The van der Waals surface area contributed by atoms with E-state index in [0.717, 1.165) is 32.1 Å². The zero-order chi connectivity index (χ0) is 20.9. The molecule has 1 saturated heterocycles. The minimum Gasteiger partial charge on any atom is -0.382 e. The first-order chi connectivity index (χ1) is 13.4. The van der Waals surface area contributed by atoms with Gasteiger partial charge in [0.2, 0.25) is 11.8 Å². The van der Waals surface area contributed by atoms with Crippen molar-refractivity contribution < 1.29 is 24.7 Å². The standard InChI is InChI=1S/C20H37N3O5/c1-14(2)13-15(17(24)20(27)23-28)18(25)22-16-11-9-7-5-3-4-6-8-10-12-21-19(16)26/h14-17,24,28H,3-13H2,1-2H3,(H,21,26)(H,22,25)(H,23,27)/t15-,16+,17+/m1/s1. The molecule has 8 heteroatoms. The van der Waals surface area contributed by atoms with Gasteiger partial charge in [-0.3, -0.25) is 19.6 Å². The number of hydrogen-bond donors (Lipinski definition) is 5. The molecule has 0 saturated carbocycles. The summed E-state index contributed by atoms with van der Waals surface area (Å²) in [6, 6.07) is -0.688. The van der Waals surface area contributed by atoms with Gasteiger partial charge in [-0.2, -0.15) is 0 Å². The Balaban J connectivity index is 2.80. The summed E-state index contributed by atoms with van der Waals surface area (Å²) in [5.41, 5.74) is 1.39. The molecule has 0 bridgehead atoms. The molecule has 5 N–H and O–H groups in total. The number of rotatable bonds is 6. The molecule has 3 amide bonds. The molecule has 162 valence electrons. The number of aliphatic hydroxyl groups is 1. The third-order valence-electron chi connectivity index (χ3n) is 5.17. The van der Waals surface area contributed by atoms with Crippen molar-refractivity contribution in [1.29, 1.82) is 0 Å². The van der Waals surface area contributed by atoms with Crippen LogP contribution in [0.25, 0.3) is 0 Å². The van der Waals surface area contributed by atoms with Crippen LogP contribution in [-0.2, 0) is 14.4 Å². The fraction of sp³-hybridized carbons (Fsp3) is 0.850. The van der Waals surface area contributed by atoms with Crippen molar-refractivity contribution in [2.45, 2.75) is 90.2 Å². The van der Waals surface area contributed by atoms with Gasteiger partial charge >= 0.3 is 0 Å². The second kappa shape index (κ2) is 13.5. The topological polar surface area (TPSA) is 128 Å². The lowest BCUT2D eigenvalue weighted by Gasteiger charge is -2.25. The lowest BCUT2D eigenvalue weighted by molar-refractivity contribution is -0.147. The van der Waals surface area contributed by atoms with Crippen LogP contribution in [0.1, 0.15) is 78.1 Å². The summed E-state index contributed by atoms with van der Waals surface area (Å²) in [6.45, 7) is 4.32. The maximum atomic E-state index is 12.8. The average Bonchev–Trinajstić information content (AvgIpc) is 2.68. The minimum atomic E-state index is -1.68. The minimum absolute atomic E-state index is 0.0470. The van der Waals surface area contributed by atoms with Crippen LogP contribution in [-0.4, -0.2) is 46.7 Å². The highest BCUT2D eigenvalue weighted by Crippen LogP contribution is 2.18. The Morgan fingerprint density at radius 2 is 1.61 bits per heavy atom. The Morgan fingerprint density at radius 1 is 1.04 bits per heavy atom. The van der Waals surface area contributed by atoms with Crippen LogP contribution in [0.4, 0.5) is 0 Å². The third-order valence-corrected chi connectivity index (χ3v) is 5.17. The van der Waals surface area contributed by atoms with Crippen LogP contribution < -0.4 is 16.1 Å². The predicted octanol–water partition coefficient (Wildman–Crippen LogP) is 1.64. The maximum Gasteiger partial charge on any atom is 0.272 e. The summed E-state index contributed by atoms with van der Waals surface area (Å²) >= 11 is 0. The molecule has 0 aromatic rings. The molecule has 0 unspecified atom stereocenters. The third kappa shape index (κ3) is 9.01. The molecule has 1 aliphatic heterocycles. The first-order valence-corrected chi connectivity index (χ1v) is 10.6. The van der Waals surface area contributed by atoms with E-state index in [0.29, 0.717) is 13.0 Å². The lowest BCUT2D eigenvalue weighted by atomic mass is 9.90. The molecule has 0 aliphatic carbocycles. The number of carbonyl (C=O) groups excluding carboxylic acids is 3. The van der Waals surface area contributed by atoms with Crippen molar-refractivity contribution in [2.24, 2.45) is 11.8 Å². The quantitative estimate of drug-likeness (QED) is 0.343. The maximum absolute atomic E-state index is 12.8. The number of aliphatic hydroxyl groups excluding tert-OH is 1. The monoisotopic (exact) mass is 399 g/mol. The zero-order valence-corrected chi connectivity index (χ0v) is 17.2. The highest BCUT2D eigenvalue weighted by molar-refractivity contribution is 5.92. The van der Waals surface area contributed by atoms with Crippen LogP contribution in [0.3, 0.4) is 0 Å². The van der Waals surface area contributed by atoms with E-state index in [1.165, 1.54) is 24.7 Å². The van der Waals surface area contributed by atoms with Crippen molar-refractivity contribution in [3.05, 3.63) is 0 Å². The Morgan fingerprint density at radius 3 is 2.18 bits per heavy atom. The predicted molar refractivity (Wildman–Crippen MR) is 105 cm³/mol. The number of nitrogens with one attached hydrogen (secondary N) is 3. The summed E-state index contributed by atoms with van der Waals surface area (Å²) in [5.74, 6) is -2.79. The number of hydrogen-bond acceptors (Lipinski definition) is 5. The van der Waals surface area contributed by atoms with E-state index < -0.39 is 29.9 Å². The van der Waals surface area contributed by atoms with Crippen LogP contribution in [0.2, 0.25) is 0 Å². The van der Waals surface area contributed by atoms with Crippen LogP contribution in [0.15, 0.2) is 0 Å². The van der Waals surface area contributed by atoms with Crippen molar-refractivity contribution >= 4 is 17.7 Å². The Bertz CT molecular complexity index is 498. The molecule has 0 spiro atoms. The van der Waals surface area contributed by atoms with E-state index in [9.17, 15) is 19.5 Å². The van der Waals surface area contributed by atoms with Gasteiger partial charge in [0, 0.05) is 6.54 Å². The number of amides is 3. The van der Waals surface area contributed by atoms with Crippen molar-refractivity contribution in [3.8, 4) is 0 Å². The largest absolute Gasteiger partial charge is 0.382 e. The van der Waals surface area contributed by atoms with Crippen molar-refractivity contribution in [1.82, 2.24) is 16.1 Å². The smallest absolute Gasteiger partial charge is 0.272 e. The molecular weight excluding hydrogens is 362 g/mol. The average molecular weight is 400 g/mol. The number of hydroxylamine groups is 1. The van der Waals surface area contributed by atoms with E-state index in [1.807, 2.05) is 13.8 Å². The van der Waals surface area contributed by atoms with Crippen molar-refractivity contribution in [2.75, 3.05) is 6.54 Å². The number of carbonyl (C=O) groups is 3. The fourth-order valence-electron chi connectivity index (χ4n) is 3.55. The Hall–Kier alpha value is -1.67. The van der Waals surface area contributed by atoms with Gasteiger partial charge in [-0.1, -0.05) is 58.8 Å². The molecule has 0 radical (unpaired) electrons. The molecule has 1 heterocycles. The summed E-state index contributed by atoms with van der Waals surface area (Å²) in [4.78, 5) is 36.9. The first-order valence-electron chi connectivity index (χ1n) is 10.6. The Labute approximate surface area is 167 Å². The summed E-state index contributed by atoms with van der Waals surface area (Å²) < 4.78 is 0. The molecule has 1 aliphatic rings. The molecule has 1 fully saturated rings. The van der Waals surface area contributed by atoms with E-state index in [-0.39, 0.29) is 18.2 Å². The van der Waals surface area contributed by atoms with E-state index in [4.69, 9.17) is 5.21 Å². The van der Waals surface area contributed by atoms with E-state index in [2.05, 4.69) is 10.6 Å².